The fourth-order valence-electron chi connectivity index (χ4n) is 1.63. The first kappa shape index (κ1) is 11.2. The molecule has 1 unspecified atom stereocenters. The molecule has 0 spiro atoms. The van der Waals surface area contributed by atoms with Crippen LogP contribution in [0.4, 0.5) is 0 Å². The average molecular weight is 256 g/mol. The molecule has 16 heavy (non-hydrogen) atoms. The molecule has 82 valence electrons. The smallest absolute Gasteiger partial charge is 0.254 e. The van der Waals surface area contributed by atoms with Gasteiger partial charge >= 0.3 is 0 Å². The molecule has 1 aromatic carbocycles. The predicted molar refractivity (Wildman–Crippen MR) is 61.5 cm³/mol. The molecule has 1 aliphatic rings. The third-order valence-corrected chi connectivity index (χ3v) is 3.27. The molecule has 0 radical (unpaired) electrons. The summed E-state index contributed by atoms with van der Waals surface area (Å²) < 4.78 is 0. The number of imide groups is 1. The maximum Gasteiger partial charge on any atom is 0.254 e. The lowest BCUT2D eigenvalue weighted by Gasteiger charge is -2.10. The van der Waals surface area contributed by atoms with E-state index in [2.05, 4.69) is 11.9 Å². The second-order valence-electron chi connectivity index (χ2n) is 3.42. The molecule has 1 aromatic rings. The van der Waals surface area contributed by atoms with E-state index >= 15 is 0 Å². The van der Waals surface area contributed by atoms with Crippen LogP contribution >= 0.6 is 23.2 Å². The molecule has 0 aromatic heterocycles. The Morgan fingerprint density at radius 2 is 1.94 bits per heavy atom. The molecule has 1 fully saturated rings. The van der Waals surface area contributed by atoms with Crippen LogP contribution < -0.4 is 5.32 Å². The van der Waals surface area contributed by atoms with Crippen molar-refractivity contribution < 1.29 is 9.59 Å². The summed E-state index contributed by atoms with van der Waals surface area (Å²) in [6.45, 7) is 3.58. The van der Waals surface area contributed by atoms with E-state index in [0.717, 1.165) is 0 Å². The molecular formula is C11H7Cl2NO2. The molecule has 1 heterocycles. The number of rotatable bonds is 1. The number of carbonyl (C=O) groups is 2. The van der Waals surface area contributed by atoms with Gasteiger partial charge in [0.05, 0.1) is 16.0 Å². The zero-order valence-electron chi connectivity index (χ0n) is 8.09. The third-order valence-electron chi connectivity index (χ3n) is 2.43. The molecule has 2 rings (SSSR count). The van der Waals surface area contributed by atoms with Gasteiger partial charge in [0.15, 0.2) is 0 Å². The van der Waals surface area contributed by atoms with Crippen LogP contribution in [0.15, 0.2) is 30.4 Å². The van der Waals surface area contributed by atoms with E-state index in [-0.39, 0.29) is 10.6 Å². The van der Waals surface area contributed by atoms with Crippen LogP contribution in [0.25, 0.3) is 0 Å². The van der Waals surface area contributed by atoms with Gasteiger partial charge in [-0.15, -0.1) is 0 Å². The van der Waals surface area contributed by atoms with Crippen molar-refractivity contribution in [2.24, 2.45) is 0 Å². The van der Waals surface area contributed by atoms with Crippen molar-refractivity contribution in [3.8, 4) is 0 Å². The fraction of sp³-hybridized carbons (Fsp3) is 0.0909. The lowest BCUT2D eigenvalue weighted by Crippen LogP contribution is -2.21. The van der Waals surface area contributed by atoms with Gasteiger partial charge in [-0.1, -0.05) is 41.9 Å². The monoisotopic (exact) mass is 255 g/mol. The summed E-state index contributed by atoms with van der Waals surface area (Å²) in [4.78, 5) is 22.8. The number of carbonyl (C=O) groups excluding carboxylic acids is 2. The van der Waals surface area contributed by atoms with Gasteiger partial charge in [-0.2, -0.15) is 0 Å². The van der Waals surface area contributed by atoms with E-state index in [1.165, 1.54) is 0 Å². The fourth-order valence-corrected chi connectivity index (χ4v) is 2.04. The van der Waals surface area contributed by atoms with Gasteiger partial charge in [0.2, 0.25) is 5.91 Å². The highest BCUT2D eigenvalue weighted by molar-refractivity contribution is 6.42. The molecule has 1 atom stereocenters. The van der Waals surface area contributed by atoms with Crippen molar-refractivity contribution in [1.29, 1.82) is 0 Å². The molecule has 2 amide bonds. The quantitative estimate of drug-likeness (QED) is 0.619. The van der Waals surface area contributed by atoms with E-state index in [1.54, 1.807) is 18.2 Å². The number of amides is 2. The van der Waals surface area contributed by atoms with Gasteiger partial charge in [0.1, 0.15) is 0 Å². The Morgan fingerprint density at radius 1 is 1.25 bits per heavy atom. The van der Waals surface area contributed by atoms with Crippen LogP contribution in [0.2, 0.25) is 10.0 Å². The molecule has 0 saturated carbocycles. The highest BCUT2D eigenvalue weighted by Crippen LogP contribution is 2.36. The van der Waals surface area contributed by atoms with Crippen molar-refractivity contribution in [2.75, 3.05) is 0 Å². The summed E-state index contributed by atoms with van der Waals surface area (Å²) in [5.41, 5.74) is 0.691. The maximum absolute atomic E-state index is 11.6. The van der Waals surface area contributed by atoms with Gasteiger partial charge in [-0.05, 0) is 11.6 Å². The summed E-state index contributed by atoms with van der Waals surface area (Å²) in [6.07, 6.45) is 0. The summed E-state index contributed by atoms with van der Waals surface area (Å²) in [6, 6.07) is 4.94. The van der Waals surface area contributed by atoms with Crippen molar-refractivity contribution in [2.45, 2.75) is 5.92 Å². The van der Waals surface area contributed by atoms with Crippen molar-refractivity contribution in [1.82, 2.24) is 5.32 Å². The lowest BCUT2D eigenvalue weighted by molar-refractivity contribution is -0.124. The predicted octanol–water partition coefficient (Wildman–Crippen LogP) is 2.29. The molecule has 1 saturated heterocycles. The van der Waals surface area contributed by atoms with E-state index in [1.807, 2.05) is 0 Å². The van der Waals surface area contributed by atoms with Gasteiger partial charge in [0, 0.05) is 5.57 Å². The van der Waals surface area contributed by atoms with E-state index in [0.29, 0.717) is 10.6 Å². The maximum atomic E-state index is 11.6. The number of benzene rings is 1. The number of nitrogens with one attached hydrogen (secondary N) is 1. The van der Waals surface area contributed by atoms with Gasteiger partial charge < -0.3 is 0 Å². The Morgan fingerprint density at radius 3 is 2.50 bits per heavy atom. The summed E-state index contributed by atoms with van der Waals surface area (Å²) >= 11 is 11.8. The Bertz CT molecular complexity index is 511. The second kappa shape index (κ2) is 3.92. The molecule has 0 aliphatic carbocycles. The van der Waals surface area contributed by atoms with Crippen LogP contribution in [-0.2, 0) is 9.59 Å². The van der Waals surface area contributed by atoms with Crippen LogP contribution in [0, 0.1) is 0 Å². The Kier molecular flexibility index (Phi) is 2.74. The molecule has 3 nitrogen and oxygen atoms in total. The highest BCUT2D eigenvalue weighted by Gasteiger charge is 2.37. The minimum Gasteiger partial charge on any atom is -0.292 e. The first-order chi connectivity index (χ1) is 7.52. The molecule has 5 heteroatoms. The number of hydrogen-bond donors (Lipinski definition) is 1. The first-order valence-corrected chi connectivity index (χ1v) is 5.26. The summed E-state index contributed by atoms with van der Waals surface area (Å²) in [5.74, 6) is -1.62. The highest BCUT2D eigenvalue weighted by atomic mass is 35.5. The minimum absolute atomic E-state index is 0.189. The lowest BCUT2D eigenvalue weighted by atomic mass is 9.94. The zero-order chi connectivity index (χ0) is 11.9. The Labute approximate surface area is 102 Å². The van der Waals surface area contributed by atoms with Crippen molar-refractivity contribution in [3.63, 3.8) is 0 Å². The standard InChI is InChI=1S/C11H7Cl2NO2/c1-5-8(11(16)14-10(5)15)6-3-2-4-7(12)9(6)13/h2-4,8H,1H2,(H,14,15,16). The van der Waals surface area contributed by atoms with E-state index < -0.39 is 17.7 Å². The van der Waals surface area contributed by atoms with Crippen molar-refractivity contribution >= 4 is 35.0 Å². The van der Waals surface area contributed by atoms with Crippen molar-refractivity contribution in [3.05, 3.63) is 46.0 Å². The topological polar surface area (TPSA) is 46.2 Å². The Hall–Kier alpha value is -1.32. The van der Waals surface area contributed by atoms with E-state index in [4.69, 9.17) is 23.2 Å². The van der Waals surface area contributed by atoms with Crippen LogP contribution in [0.5, 0.6) is 0 Å². The van der Waals surface area contributed by atoms with Crippen LogP contribution in [-0.4, -0.2) is 11.8 Å². The Balaban J connectivity index is 2.53. The van der Waals surface area contributed by atoms with Gasteiger partial charge in [-0.25, -0.2) is 0 Å². The number of halogens is 2. The average Bonchev–Trinajstić information content (AvgIpc) is 2.47. The molecule has 1 aliphatic heterocycles. The first-order valence-electron chi connectivity index (χ1n) is 4.50. The van der Waals surface area contributed by atoms with Gasteiger partial charge in [0.25, 0.3) is 5.91 Å². The van der Waals surface area contributed by atoms with Gasteiger partial charge in [-0.3, -0.25) is 14.9 Å². The molecule has 1 N–H and O–H groups in total. The third kappa shape index (κ3) is 1.62. The largest absolute Gasteiger partial charge is 0.292 e. The van der Waals surface area contributed by atoms with Crippen LogP contribution in [0.1, 0.15) is 11.5 Å². The normalized spacial score (nSPS) is 20.1. The minimum atomic E-state index is -0.737. The van der Waals surface area contributed by atoms with E-state index in [9.17, 15) is 9.59 Å². The molecular weight excluding hydrogens is 249 g/mol. The SMILES string of the molecule is C=C1C(=O)NC(=O)C1c1cccc(Cl)c1Cl. The number of hydrogen-bond acceptors (Lipinski definition) is 2. The second-order valence-corrected chi connectivity index (χ2v) is 4.20. The van der Waals surface area contributed by atoms with Crippen LogP contribution in [0.3, 0.4) is 0 Å². The zero-order valence-corrected chi connectivity index (χ0v) is 9.60. The summed E-state index contributed by atoms with van der Waals surface area (Å²) in [7, 11) is 0. The summed E-state index contributed by atoms with van der Waals surface area (Å²) in [5, 5.41) is 2.81. The molecule has 0 bridgehead atoms.